The van der Waals surface area contributed by atoms with Crippen molar-refractivity contribution in [3.63, 3.8) is 0 Å². The molecule has 1 saturated carbocycles. The maximum atomic E-state index is 12.3. The van der Waals surface area contributed by atoms with Crippen molar-refractivity contribution in [2.75, 3.05) is 5.32 Å². The fourth-order valence-corrected chi connectivity index (χ4v) is 2.61. The van der Waals surface area contributed by atoms with Crippen molar-refractivity contribution < 1.29 is 9.59 Å². The van der Waals surface area contributed by atoms with Gasteiger partial charge in [0.15, 0.2) is 0 Å². The van der Waals surface area contributed by atoms with Gasteiger partial charge in [0.2, 0.25) is 5.91 Å². The maximum absolute atomic E-state index is 12.3. The molecule has 3 aromatic rings. The average Bonchev–Trinajstić information content (AvgIpc) is 3.34. The van der Waals surface area contributed by atoms with Crippen molar-refractivity contribution in [1.29, 1.82) is 0 Å². The monoisotopic (exact) mass is 335 g/mol. The molecule has 1 heterocycles. The zero-order valence-corrected chi connectivity index (χ0v) is 13.5. The Bertz CT molecular complexity index is 945. The second-order valence-corrected chi connectivity index (χ2v) is 6.11. The molecule has 1 fully saturated rings. The SMILES string of the molecule is O=C(Cn1nnc2ccccc21)Nc1cccc(C(=O)NC2CC2)c1. The first kappa shape index (κ1) is 15.3. The molecule has 2 amide bonds. The number of nitrogens with one attached hydrogen (secondary N) is 2. The summed E-state index contributed by atoms with van der Waals surface area (Å²) in [6, 6.07) is 14.7. The molecule has 2 N–H and O–H groups in total. The van der Waals surface area contributed by atoms with Crippen molar-refractivity contribution in [2.45, 2.75) is 25.4 Å². The summed E-state index contributed by atoms with van der Waals surface area (Å²) in [5, 5.41) is 13.8. The van der Waals surface area contributed by atoms with E-state index in [1.165, 1.54) is 0 Å². The Morgan fingerprint density at radius 3 is 2.80 bits per heavy atom. The van der Waals surface area contributed by atoms with Gasteiger partial charge in [0.1, 0.15) is 12.1 Å². The van der Waals surface area contributed by atoms with Crippen LogP contribution >= 0.6 is 0 Å². The van der Waals surface area contributed by atoms with Gasteiger partial charge in [0.05, 0.1) is 5.52 Å². The van der Waals surface area contributed by atoms with Gasteiger partial charge in [-0.2, -0.15) is 0 Å². The number of amides is 2. The molecule has 126 valence electrons. The molecule has 0 radical (unpaired) electrons. The summed E-state index contributed by atoms with van der Waals surface area (Å²) in [6.45, 7) is 0.0546. The summed E-state index contributed by atoms with van der Waals surface area (Å²) in [6.07, 6.45) is 2.07. The third kappa shape index (κ3) is 3.50. The fraction of sp³-hybridized carbons (Fsp3) is 0.222. The molecular formula is C18H17N5O2. The third-order valence-electron chi connectivity index (χ3n) is 4.03. The number of aromatic nitrogens is 3. The van der Waals surface area contributed by atoms with Crippen LogP contribution < -0.4 is 10.6 Å². The minimum atomic E-state index is -0.226. The van der Waals surface area contributed by atoms with E-state index in [1.807, 2.05) is 24.3 Å². The van der Waals surface area contributed by atoms with E-state index in [0.29, 0.717) is 17.3 Å². The van der Waals surface area contributed by atoms with E-state index in [9.17, 15) is 9.59 Å². The zero-order chi connectivity index (χ0) is 17.2. The number of anilines is 1. The lowest BCUT2D eigenvalue weighted by atomic mass is 10.2. The van der Waals surface area contributed by atoms with Gasteiger partial charge in [-0.25, -0.2) is 4.68 Å². The molecule has 0 aliphatic heterocycles. The normalized spacial score (nSPS) is 13.6. The summed E-state index contributed by atoms with van der Waals surface area (Å²) in [4.78, 5) is 24.4. The van der Waals surface area contributed by atoms with Gasteiger partial charge in [0.25, 0.3) is 5.91 Å². The highest BCUT2D eigenvalue weighted by Gasteiger charge is 2.23. The van der Waals surface area contributed by atoms with Crippen LogP contribution in [-0.2, 0) is 11.3 Å². The largest absolute Gasteiger partial charge is 0.349 e. The van der Waals surface area contributed by atoms with Crippen LogP contribution in [0.3, 0.4) is 0 Å². The molecule has 7 nitrogen and oxygen atoms in total. The van der Waals surface area contributed by atoms with E-state index in [0.717, 1.165) is 23.9 Å². The molecule has 25 heavy (non-hydrogen) atoms. The third-order valence-corrected chi connectivity index (χ3v) is 4.03. The van der Waals surface area contributed by atoms with Crippen molar-refractivity contribution in [3.05, 3.63) is 54.1 Å². The summed E-state index contributed by atoms with van der Waals surface area (Å²) < 4.78 is 1.55. The molecule has 1 aromatic heterocycles. The van der Waals surface area contributed by atoms with Crippen molar-refractivity contribution in [3.8, 4) is 0 Å². The van der Waals surface area contributed by atoms with Crippen molar-refractivity contribution >= 4 is 28.5 Å². The van der Waals surface area contributed by atoms with Crippen molar-refractivity contribution in [2.24, 2.45) is 0 Å². The Labute approximate surface area is 144 Å². The first-order valence-electron chi connectivity index (χ1n) is 8.18. The number of benzene rings is 2. The smallest absolute Gasteiger partial charge is 0.251 e. The number of rotatable bonds is 5. The molecule has 0 unspecified atom stereocenters. The molecule has 0 atom stereocenters. The number of carbonyl (C=O) groups is 2. The van der Waals surface area contributed by atoms with E-state index in [1.54, 1.807) is 28.9 Å². The van der Waals surface area contributed by atoms with Gasteiger partial charge in [-0.1, -0.05) is 23.4 Å². The van der Waals surface area contributed by atoms with E-state index in [-0.39, 0.29) is 18.4 Å². The van der Waals surface area contributed by atoms with Gasteiger partial charge >= 0.3 is 0 Å². The van der Waals surface area contributed by atoms with Gasteiger partial charge in [-0.15, -0.1) is 5.10 Å². The van der Waals surface area contributed by atoms with Crippen LogP contribution in [0.25, 0.3) is 11.0 Å². The topological polar surface area (TPSA) is 88.9 Å². The molecule has 4 rings (SSSR count). The minimum Gasteiger partial charge on any atom is -0.349 e. The average molecular weight is 335 g/mol. The van der Waals surface area contributed by atoms with Crippen LogP contribution in [-0.4, -0.2) is 32.9 Å². The predicted octanol–water partition coefficient (Wildman–Crippen LogP) is 1.96. The number of nitrogens with zero attached hydrogens (tertiary/aromatic N) is 3. The second kappa shape index (κ2) is 6.35. The van der Waals surface area contributed by atoms with E-state index < -0.39 is 0 Å². The Kier molecular flexibility index (Phi) is 3.89. The van der Waals surface area contributed by atoms with Crippen molar-refractivity contribution in [1.82, 2.24) is 20.3 Å². The highest BCUT2D eigenvalue weighted by atomic mass is 16.2. The molecule has 0 spiro atoms. The summed E-state index contributed by atoms with van der Waals surface area (Å²) >= 11 is 0. The van der Waals surface area contributed by atoms with E-state index in [4.69, 9.17) is 0 Å². The molecular weight excluding hydrogens is 318 g/mol. The van der Waals surface area contributed by atoms with E-state index in [2.05, 4.69) is 20.9 Å². The Morgan fingerprint density at radius 2 is 1.96 bits per heavy atom. The Morgan fingerprint density at radius 1 is 1.12 bits per heavy atom. The number of carbonyl (C=O) groups excluding carboxylic acids is 2. The lowest BCUT2D eigenvalue weighted by Crippen LogP contribution is -2.25. The number of hydrogen-bond acceptors (Lipinski definition) is 4. The zero-order valence-electron chi connectivity index (χ0n) is 13.5. The van der Waals surface area contributed by atoms with Gasteiger partial charge in [-0.3, -0.25) is 9.59 Å². The van der Waals surface area contributed by atoms with Crippen LogP contribution in [0.15, 0.2) is 48.5 Å². The van der Waals surface area contributed by atoms with E-state index >= 15 is 0 Å². The van der Waals surface area contributed by atoms with Crippen LogP contribution in [0.2, 0.25) is 0 Å². The first-order valence-corrected chi connectivity index (χ1v) is 8.18. The number of hydrogen-bond donors (Lipinski definition) is 2. The number of fused-ring (bicyclic) bond motifs is 1. The molecule has 2 aromatic carbocycles. The highest BCUT2D eigenvalue weighted by molar-refractivity contribution is 5.97. The highest BCUT2D eigenvalue weighted by Crippen LogP contribution is 2.20. The lowest BCUT2D eigenvalue weighted by molar-refractivity contribution is -0.116. The first-order chi connectivity index (χ1) is 12.2. The molecule has 0 saturated heterocycles. The standard InChI is InChI=1S/C18H17N5O2/c24-17(11-23-16-7-2-1-6-15(16)21-22-23)19-14-5-3-4-12(10-14)18(25)20-13-8-9-13/h1-7,10,13H,8-9,11H2,(H,19,24)(H,20,25). The Balaban J connectivity index is 1.44. The molecule has 7 heteroatoms. The minimum absolute atomic E-state index is 0.0546. The maximum Gasteiger partial charge on any atom is 0.251 e. The molecule has 1 aliphatic rings. The van der Waals surface area contributed by atoms with Crippen LogP contribution in [0, 0.1) is 0 Å². The van der Waals surface area contributed by atoms with Crippen LogP contribution in [0.1, 0.15) is 23.2 Å². The van der Waals surface area contributed by atoms with Gasteiger partial charge in [-0.05, 0) is 43.2 Å². The molecule has 0 bridgehead atoms. The molecule has 1 aliphatic carbocycles. The fourth-order valence-electron chi connectivity index (χ4n) is 2.61. The Hall–Kier alpha value is -3.22. The van der Waals surface area contributed by atoms with Gasteiger partial charge < -0.3 is 10.6 Å². The predicted molar refractivity (Wildman–Crippen MR) is 93.1 cm³/mol. The van der Waals surface area contributed by atoms with Crippen LogP contribution in [0.4, 0.5) is 5.69 Å². The van der Waals surface area contributed by atoms with Crippen LogP contribution in [0.5, 0.6) is 0 Å². The second-order valence-electron chi connectivity index (χ2n) is 6.11. The quantitative estimate of drug-likeness (QED) is 0.746. The number of para-hydroxylation sites is 1. The summed E-state index contributed by atoms with van der Waals surface area (Å²) in [5.41, 5.74) is 2.66. The van der Waals surface area contributed by atoms with Gasteiger partial charge in [0, 0.05) is 17.3 Å². The lowest BCUT2D eigenvalue weighted by Gasteiger charge is -2.08. The summed E-state index contributed by atoms with van der Waals surface area (Å²) in [5.74, 6) is -0.337. The summed E-state index contributed by atoms with van der Waals surface area (Å²) in [7, 11) is 0.